The van der Waals surface area contributed by atoms with E-state index in [4.69, 9.17) is 9.47 Å². The zero-order chi connectivity index (χ0) is 11.9. The van der Waals surface area contributed by atoms with Crippen molar-refractivity contribution in [1.29, 1.82) is 0 Å². The lowest BCUT2D eigenvalue weighted by Gasteiger charge is -2.40. The summed E-state index contributed by atoms with van der Waals surface area (Å²) in [5, 5.41) is 0. The molecule has 1 aliphatic heterocycles. The molecule has 1 heterocycles. The minimum absolute atomic E-state index is 0.0897. The van der Waals surface area contributed by atoms with E-state index in [0.717, 1.165) is 19.6 Å². The molecule has 1 fully saturated rings. The van der Waals surface area contributed by atoms with Crippen molar-refractivity contribution < 1.29 is 14.3 Å². The van der Waals surface area contributed by atoms with Gasteiger partial charge in [0.15, 0.2) is 0 Å². The van der Waals surface area contributed by atoms with Crippen LogP contribution in [-0.4, -0.2) is 25.8 Å². The van der Waals surface area contributed by atoms with Crippen LogP contribution >= 0.6 is 0 Å². The molecule has 0 atom stereocenters. The average Bonchev–Trinajstić information content (AvgIpc) is 2.25. The Hall–Kier alpha value is -0.830. The molecular weight excluding hydrogens is 204 g/mol. The predicted octanol–water partition coefficient (Wildman–Crippen LogP) is 2.70. The molecule has 0 aromatic carbocycles. The molecule has 16 heavy (non-hydrogen) atoms. The molecule has 0 aromatic rings. The Morgan fingerprint density at radius 1 is 1.44 bits per heavy atom. The normalized spacial score (nSPS) is 17.6. The molecule has 3 heteroatoms. The highest BCUT2D eigenvalue weighted by molar-refractivity contribution is 5.81. The maximum absolute atomic E-state index is 11.0. The summed E-state index contributed by atoms with van der Waals surface area (Å²) in [5.41, 5.74) is 0.0897. The van der Waals surface area contributed by atoms with Gasteiger partial charge < -0.3 is 9.47 Å². The summed E-state index contributed by atoms with van der Waals surface area (Å²) in [6.07, 6.45) is 7.29. The van der Waals surface area contributed by atoms with Gasteiger partial charge in [0.2, 0.25) is 0 Å². The van der Waals surface area contributed by atoms with Crippen LogP contribution in [-0.2, 0) is 14.3 Å². The summed E-state index contributed by atoms with van der Waals surface area (Å²) < 4.78 is 10.4. The van der Waals surface area contributed by atoms with Gasteiger partial charge in [0.25, 0.3) is 0 Å². The Kier molecular flexibility index (Phi) is 5.53. The van der Waals surface area contributed by atoms with Crippen LogP contribution in [0.25, 0.3) is 0 Å². The fourth-order valence-corrected chi connectivity index (χ4v) is 1.90. The third-order valence-electron chi connectivity index (χ3n) is 3.06. The molecule has 3 nitrogen and oxygen atoms in total. The van der Waals surface area contributed by atoms with Crippen LogP contribution in [0.15, 0.2) is 12.7 Å². The van der Waals surface area contributed by atoms with E-state index in [1.807, 2.05) is 0 Å². The second-order valence-electron chi connectivity index (χ2n) is 4.62. The Labute approximate surface area is 97.8 Å². The standard InChI is InChI=1S/C13H22O3/c1-3-5-6-7-8-13(9-15-10-13)11-16-12(14)4-2/h4H,2-3,5-11H2,1H3. The largest absolute Gasteiger partial charge is 0.462 e. The minimum atomic E-state index is -0.333. The van der Waals surface area contributed by atoms with Gasteiger partial charge >= 0.3 is 5.97 Å². The van der Waals surface area contributed by atoms with E-state index >= 15 is 0 Å². The van der Waals surface area contributed by atoms with Crippen molar-refractivity contribution in [3.63, 3.8) is 0 Å². The third kappa shape index (κ3) is 3.97. The number of unbranched alkanes of at least 4 members (excludes halogenated alkanes) is 3. The van der Waals surface area contributed by atoms with Crippen molar-refractivity contribution >= 4 is 5.97 Å². The number of rotatable bonds is 8. The zero-order valence-corrected chi connectivity index (χ0v) is 10.2. The fraction of sp³-hybridized carbons (Fsp3) is 0.769. The second kappa shape index (κ2) is 6.69. The maximum atomic E-state index is 11.0. The van der Waals surface area contributed by atoms with E-state index in [1.165, 1.54) is 31.8 Å². The Morgan fingerprint density at radius 2 is 2.19 bits per heavy atom. The minimum Gasteiger partial charge on any atom is -0.462 e. The Bertz CT molecular complexity index is 231. The summed E-state index contributed by atoms with van der Waals surface area (Å²) in [4.78, 5) is 11.0. The van der Waals surface area contributed by atoms with E-state index < -0.39 is 0 Å². The molecule has 0 aliphatic carbocycles. The highest BCUT2D eigenvalue weighted by Gasteiger charge is 2.39. The van der Waals surface area contributed by atoms with E-state index in [-0.39, 0.29) is 11.4 Å². The summed E-state index contributed by atoms with van der Waals surface area (Å²) in [6, 6.07) is 0. The number of esters is 1. The summed E-state index contributed by atoms with van der Waals surface area (Å²) in [6.45, 7) is 7.52. The Balaban J connectivity index is 2.21. The fourth-order valence-electron chi connectivity index (χ4n) is 1.90. The number of hydrogen-bond donors (Lipinski definition) is 0. The monoisotopic (exact) mass is 226 g/mol. The van der Waals surface area contributed by atoms with Crippen LogP contribution in [0.1, 0.15) is 39.0 Å². The second-order valence-corrected chi connectivity index (χ2v) is 4.62. The van der Waals surface area contributed by atoms with Gasteiger partial charge in [-0.2, -0.15) is 0 Å². The van der Waals surface area contributed by atoms with Crippen molar-refractivity contribution in [2.75, 3.05) is 19.8 Å². The van der Waals surface area contributed by atoms with E-state index in [9.17, 15) is 4.79 Å². The number of ether oxygens (including phenoxy) is 2. The highest BCUT2D eigenvalue weighted by atomic mass is 16.5. The van der Waals surface area contributed by atoms with E-state index in [1.54, 1.807) is 0 Å². The predicted molar refractivity (Wildman–Crippen MR) is 63.2 cm³/mol. The van der Waals surface area contributed by atoms with Gasteiger partial charge in [0.1, 0.15) is 6.61 Å². The molecular formula is C13H22O3. The SMILES string of the molecule is C=CC(=O)OCC1(CCCCCC)COC1. The van der Waals surface area contributed by atoms with Gasteiger partial charge in [0, 0.05) is 6.08 Å². The number of hydrogen-bond acceptors (Lipinski definition) is 3. The van der Waals surface area contributed by atoms with Crippen molar-refractivity contribution in [2.45, 2.75) is 39.0 Å². The third-order valence-corrected chi connectivity index (χ3v) is 3.06. The highest BCUT2D eigenvalue weighted by Crippen LogP contribution is 2.34. The van der Waals surface area contributed by atoms with Crippen LogP contribution in [0, 0.1) is 5.41 Å². The summed E-state index contributed by atoms with van der Waals surface area (Å²) in [7, 11) is 0. The lowest BCUT2D eigenvalue weighted by Crippen LogP contribution is -2.46. The quantitative estimate of drug-likeness (QED) is 0.362. The van der Waals surface area contributed by atoms with E-state index in [2.05, 4.69) is 13.5 Å². The number of carbonyl (C=O) groups is 1. The maximum Gasteiger partial charge on any atom is 0.330 e. The van der Waals surface area contributed by atoms with Crippen LogP contribution < -0.4 is 0 Å². The summed E-state index contributed by atoms with van der Waals surface area (Å²) in [5.74, 6) is -0.333. The first kappa shape index (κ1) is 13.2. The van der Waals surface area contributed by atoms with Crippen molar-refractivity contribution in [3.8, 4) is 0 Å². The smallest absolute Gasteiger partial charge is 0.330 e. The molecule has 0 spiro atoms. The van der Waals surface area contributed by atoms with Gasteiger partial charge in [-0.3, -0.25) is 0 Å². The van der Waals surface area contributed by atoms with Crippen LogP contribution in [0.5, 0.6) is 0 Å². The van der Waals surface area contributed by atoms with Gasteiger partial charge in [-0.15, -0.1) is 0 Å². The molecule has 0 bridgehead atoms. The molecule has 0 saturated carbocycles. The molecule has 0 unspecified atom stereocenters. The van der Waals surface area contributed by atoms with Crippen molar-refractivity contribution in [1.82, 2.24) is 0 Å². The molecule has 0 radical (unpaired) electrons. The molecule has 0 aromatic heterocycles. The van der Waals surface area contributed by atoms with Crippen LogP contribution in [0.3, 0.4) is 0 Å². The van der Waals surface area contributed by atoms with Crippen LogP contribution in [0.2, 0.25) is 0 Å². The molecule has 1 rings (SSSR count). The van der Waals surface area contributed by atoms with Crippen molar-refractivity contribution in [2.24, 2.45) is 5.41 Å². The lowest BCUT2D eigenvalue weighted by atomic mass is 9.81. The van der Waals surface area contributed by atoms with Crippen LogP contribution in [0.4, 0.5) is 0 Å². The molecule has 0 amide bonds. The van der Waals surface area contributed by atoms with Gasteiger partial charge in [-0.05, 0) is 6.42 Å². The van der Waals surface area contributed by atoms with Gasteiger partial charge in [-0.25, -0.2) is 4.79 Å². The topological polar surface area (TPSA) is 35.5 Å². The summed E-state index contributed by atoms with van der Waals surface area (Å²) >= 11 is 0. The molecule has 0 N–H and O–H groups in total. The lowest BCUT2D eigenvalue weighted by molar-refractivity contribution is -0.167. The average molecular weight is 226 g/mol. The molecule has 1 saturated heterocycles. The first-order valence-electron chi connectivity index (χ1n) is 6.09. The first-order valence-corrected chi connectivity index (χ1v) is 6.09. The first-order chi connectivity index (χ1) is 7.72. The Morgan fingerprint density at radius 3 is 2.69 bits per heavy atom. The van der Waals surface area contributed by atoms with Gasteiger partial charge in [0.05, 0.1) is 18.6 Å². The van der Waals surface area contributed by atoms with Crippen molar-refractivity contribution in [3.05, 3.63) is 12.7 Å². The van der Waals surface area contributed by atoms with Gasteiger partial charge in [-0.1, -0.05) is 39.2 Å². The molecule has 1 aliphatic rings. The zero-order valence-electron chi connectivity index (χ0n) is 10.2. The number of carbonyl (C=O) groups excluding carboxylic acids is 1. The van der Waals surface area contributed by atoms with E-state index in [0.29, 0.717) is 6.61 Å². The molecule has 92 valence electrons.